The molecule has 0 aliphatic heterocycles. The highest BCUT2D eigenvalue weighted by Gasteiger charge is 2.15. The van der Waals surface area contributed by atoms with Gasteiger partial charge in [0.05, 0.1) is 13.2 Å². The first-order valence-electron chi connectivity index (χ1n) is 5.24. The molecule has 4 nitrogen and oxygen atoms in total. The summed E-state index contributed by atoms with van der Waals surface area (Å²) in [7, 11) is 0. The molecule has 0 unspecified atom stereocenters. The second kappa shape index (κ2) is 6.80. The third-order valence-electron chi connectivity index (χ3n) is 2.10. The maximum atomic E-state index is 12.4. The molecule has 0 saturated carbocycles. The van der Waals surface area contributed by atoms with Crippen molar-refractivity contribution in [2.24, 2.45) is 0 Å². The number of aliphatic hydroxyl groups excluding tert-OH is 1. The number of hydrogen-bond donors (Lipinski definition) is 1. The summed E-state index contributed by atoms with van der Waals surface area (Å²) in [6, 6.07) is 1.57. The molecule has 7 heteroatoms. The third-order valence-corrected chi connectivity index (χ3v) is 2.50. The molecule has 0 bridgehead atoms. The van der Waals surface area contributed by atoms with Crippen LogP contribution in [0.2, 0.25) is 0 Å². The molecule has 1 aromatic rings. The highest BCUT2D eigenvalue weighted by atomic mass is 79.9. The predicted molar refractivity (Wildman–Crippen MR) is 64.4 cm³/mol. The summed E-state index contributed by atoms with van der Waals surface area (Å²) in [5.41, 5.74) is 0. The Balaban J connectivity index is 2.95. The van der Waals surface area contributed by atoms with Crippen molar-refractivity contribution in [3.8, 4) is 0 Å². The van der Waals surface area contributed by atoms with Crippen LogP contribution in [0.3, 0.4) is 0 Å². The molecule has 1 rings (SSSR count). The van der Waals surface area contributed by atoms with Crippen LogP contribution in [0.5, 0.6) is 0 Å². The molecule has 0 aliphatic carbocycles. The van der Waals surface area contributed by atoms with Gasteiger partial charge in [0.25, 0.3) is 6.43 Å². The molecule has 0 spiro atoms. The van der Waals surface area contributed by atoms with Gasteiger partial charge in [0.15, 0.2) is 0 Å². The number of hydrogen-bond acceptors (Lipinski definition) is 4. The molecule has 0 fully saturated rings. The zero-order valence-electron chi connectivity index (χ0n) is 9.41. The van der Waals surface area contributed by atoms with E-state index in [0.717, 1.165) is 0 Å². The molecule has 1 heterocycles. The van der Waals surface area contributed by atoms with Crippen LogP contribution >= 0.6 is 15.9 Å². The predicted octanol–water partition coefficient (Wildman–Crippen LogP) is 1.87. The van der Waals surface area contributed by atoms with Gasteiger partial charge < -0.3 is 10.0 Å². The minimum absolute atomic E-state index is 0.122. The zero-order chi connectivity index (χ0) is 12.8. The van der Waals surface area contributed by atoms with Gasteiger partial charge >= 0.3 is 0 Å². The lowest BCUT2D eigenvalue weighted by Gasteiger charge is -2.22. The number of halogens is 3. The summed E-state index contributed by atoms with van der Waals surface area (Å²) < 4.78 is 25.3. The van der Waals surface area contributed by atoms with Crippen molar-refractivity contribution in [1.82, 2.24) is 9.97 Å². The van der Waals surface area contributed by atoms with Crippen molar-refractivity contribution in [3.63, 3.8) is 0 Å². The Morgan fingerprint density at radius 3 is 2.71 bits per heavy atom. The molecule has 96 valence electrons. The monoisotopic (exact) mass is 309 g/mol. The minimum Gasteiger partial charge on any atom is -0.395 e. The Kier molecular flexibility index (Phi) is 5.70. The van der Waals surface area contributed by atoms with Crippen molar-refractivity contribution in [2.75, 3.05) is 24.6 Å². The minimum atomic E-state index is -2.47. The first kappa shape index (κ1) is 14.2. The van der Waals surface area contributed by atoms with Crippen LogP contribution in [0.25, 0.3) is 0 Å². The van der Waals surface area contributed by atoms with Crippen molar-refractivity contribution >= 4 is 21.7 Å². The number of aryl methyl sites for hydroxylation is 1. The third kappa shape index (κ3) is 4.51. The first-order chi connectivity index (χ1) is 8.06. The fourth-order valence-electron chi connectivity index (χ4n) is 1.36. The van der Waals surface area contributed by atoms with Gasteiger partial charge in [0.2, 0.25) is 0 Å². The van der Waals surface area contributed by atoms with E-state index in [1.165, 1.54) is 4.90 Å². The van der Waals surface area contributed by atoms with E-state index < -0.39 is 13.0 Å². The number of aliphatic hydroxyl groups is 1. The number of alkyl halides is 2. The van der Waals surface area contributed by atoms with Gasteiger partial charge in [-0.15, -0.1) is 0 Å². The molecule has 0 aliphatic rings. The van der Waals surface area contributed by atoms with Gasteiger partial charge in [-0.05, 0) is 15.9 Å². The normalized spacial score (nSPS) is 10.9. The Labute approximate surface area is 107 Å². The zero-order valence-corrected chi connectivity index (χ0v) is 11.0. The molecular formula is C10H14BrF2N3O. The SMILES string of the molecule is CCc1nc(Br)cc(N(CCO)CC(F)F)n1. The van der Waals surface area contributed by atoms with E-state index in [2.05, 4.69) is 25.9 Å². The lowest BCUT2D eigenvalue weighted by molar-refractivity contribution is 0.152. The molecular weight excluding hydrogens is 296 g/mol. The van der Waals surface area contributed by atoms with Crippen molar-refractivity contribution < 1.29 is 13.9 Å². The molecule has 1 N–H and O–H groups in total. The fourth-order valence-corrected chi connectivity index (χ4v) is 1.77. The van der Waals surface area contributed by atoms with Gasteiger partial charge in [-0.3, -0.25) is 0 Å². The van der Waals surface area contributed by atoms with Gasteiger partial charge in [0, 0.05) is 19.0 Å². The molecule has 0 radical (unpaired) electrons. The van der Waals surface area contributed by atoms with E-state index in [-0.39, 0.29) is 13.2 Å². The summed E-state index contributed by atoms with van der Waals surface area (Å²) in [5.74, 6) is 0.977. The highest BCUT2D eigenvalue weighted by Crippen LogP contribution is 2.17. The quantitative estimate of drug-likeness (QED) is 0.815. The fraction of sp³-hybridized carbons (Fsp3) is 0.600. The van der Waals surface area contributed by atoms with E-state index in [1.54, 1.807) is 6.07 Å². The van der Waals surface area contributed by atoms with E-state index in [1.807, 2.05) is 6.92 Å². The average molecular weight is 310 g/mol. The first-order valence-corrected chi connectivity index (χ1v) is 6.03. The summed E-state index contributed by atoms with van der Waals surface area (Å²) in [4.78, 5) is 9.61. The summed E-state index contributed by atoms with van der Waals surface area (Å²) in [5, 5.41) is 8.86. The molecule has 17 heavy (non-hydrogen) atoms. The standard InChI is InChI=1S/C10H14BrF2N3O/c1-2-9-14-7(11)5-10(15-9)16(3-4-17)6-8(12)13/h5,8,17H,2-4,6H2,1H3. The topological polar surface area (TPSA) is 49.2 Å². The van der Waals surface area contributed by atoms with Crippen LogP contribution in [0.15, 0.2) is 10.7 Å². The van der Waals surface area contributed by atoms with E-state index >= 15 is 0 Å². The molecule has 1 aromatic heterocycles. The lowest BCUT2D eigenvalue weighted by Crippen LogP contribution is -2.32. The van der Waals surface area contributed by atoms with Crippen LogP contribution in [0.4, 0.5) is 14.6 Å². The summed E-state index contributed by atoms with van der Waals surface area (Å²) in [6.07, 6.45) is -1.85. The molecule has 0 amide bonds. The van der Waals surface area contributed by atoms with Crippen LogP contribution in [-0.2, 0) is 6.42 Å². The van der Waals surface area contributed by atoms with Crippen LogP contribution in [0.1, 0.15) is 12.7 Å². The second-order valence-corrected chi connectivity index (χ2v) is 4.19. The van der Waals surface area contributed by atoms with Crippen LogP contribution in [-0.4, -0.2) is 41.2 Å². The molecule has 0 atom stereocenters. The maximum absolute atomic E-state index is 12.4. The smallest absolute Gasteiger partial charge is 0.255 e. The van der Waals surface area contributed by atoms with Gasteiger partial charge in [0.1, 0.15) is 16.2 Å². The van der Waals surface area contributed by atoms with Crippen molar-refractivity contribution in [3.05, 3.63) is 16.5 Å². The number of rotatable bonds is 6. The van der Waals surface area contributed by atoms with E-state index in [4.69, 9.17) is 5.11 Å². The Bertz CT molecular complexity index is 365. The Morgan fingerprint density at radius 2 is 2.18 bits per heavy atom. The Hall–Kier alpha value is -0.820. The summed E-state index contributed by atoms with van der Waals surface area (Å²) in [6.45, 7) is 1.36. The van der Waals surface area contributed by atoms with Crippen LogP contribution in [0, 0.1) is 0 Å². The summed E-state index contributed by atoms with van der Waals surface area (Å²) >= 11 is 3.21. The van der Waals surface area contributed by atoms with Gasteiger partial charge in [-0.1, -0.05) is 6.92 Å². The van der Waals surface area contributed by atoms with Gasteiger partial charge in [-0.2, -0.15) is 0 Å². The molecule has 0 aromatic carbocycles. The second-order valence-electron chi connectivity index (χ2n) is 3.38. The largest absolute Gasteiger partial charge is 0.395 e. The maximum Gasteiger partial charge on any atom is 0.255 e. The Morgan fingerprint density at radius 1 is 1.47 bits per heavy atom. The van der Waals surface area contributed by atoms with Crippen LogP contribution < -0.4 is 4.90 Å². The number of aromatic nitrogens is 2. The van der Waals surface area contributed by atoms with Gasteiger partial charge in [-0.25, -0.2) is 18.7 Å². The molecule has 0 saturated heterocycles. The van der Waals surface area contributed by atoms with Crippen molar-refractivity contribution in [2.45, 2.75) is 19.8 Å². The number of anilines is 1. The lowest BCUT2D eigenvalue weighted by atomic mass is 10.4. The average Bonchev–Trinajstić information content (AvgIpc) is 2.27. The number of nitrogens with zero attached hydrogens (tertiary/aromatic N) is 3. The van der Waals surface area contributed by atoms with E-state index in [0.29, 0.717) is 22.7 Å². The van der Waals surface area contributed by atoms with E-state index in [9.17, 15) is 8.78 Å². The van der Waals surface area contributed by atoms with Crippen molar-refractivity contribution in [1.29, 1.82) is 0 Å². The highest BCUT2D eigenvalue weighted by molar-refractivity contribution is 9.10.